The highest BCUT2D eigenvalue weighted by molar-refractivity contribution is 7.35. The summed E-state index contributed by atoms with van der Waals surface area (Å²) in [4.78, 5) is 9.60. The summed E-state index contributed by atoms with van der Waals surface area (Å²) in [5.41, 5.74) is 0. The van der Waals surface area contributed by atoms with Gasteiger partial charge in [0.25, 0.3) is 0 Å². The number of halogens is 2. The SMILES string of the molecule is CC(C)/C=C(/F)CO.CC(C)/C=C(\F)C=O.CPC. The molecule has 0 saturated carbocycles. The van der Waals surface area contributed by atoms with Gasteiger partial charge < -0.3 is 5.11 Å². The third kappa shape index (κ3) is 31.8. The second-order valence-electron chi connectivity index (χ2n) is 4.43. The van der Waals surface area contributed by atoms with Crippen LogP contribution in [-0.2, 0) is 4.79 Å². The van der Waals surface area contributed by atoms with Crippen LogP contribution in [0.5, 0.6) is 0 Å². The Balaban J connectivity index is -0.000000224. The van der Waals surface area contributed by atoms with Crippen molar-refractivity contribution in [1.29, 1.82) is 0 Å². The molecular weight excluding hydrogens is 269 g/mol. The molecule has 0 rings (SSSR count). The first kappa shape index (κ1) is 23.5. The average Bonchev–Trinajstić information content (AvgIpc) is 2.29. The molecule has 1 N–H and O–H groups in total. The van der Waals surface area contributed by atoms with E-state index in [0.29, 0.717) is 0 Å². The molecule has 0 saturated heterocycles. The Bertz CT molecular complexity index is 262. The van der Waals surface area contributed by atoms with E-state index in [1.165, 1.54) is 12.2 Å². The van der Waals surface area contributed by atoms with Gasteiger partial charge in [-0.15, -0.1) is 8.58 Å². The summed E-state index contributed by atoms with van der Waals surface area (Å²) in [6, 6.07) is 0. The molecule has 0 unspecified atom stereocenters. The van der Waals surface area contributed by atoms with Gasteiger partial charge in [-0.3, -0.25) is 4.79 Å². The molecule has 0 atom stereocenters. The summed E-state index contributed by atoms with van der Waals surface area (Å²) in [6.07, 6.45) is 2.87. The smallest absolute Gasteiger partial charge is 0.178 e. The predicted octanol–water partition coefficient (Wildman–Crippen LogP) is 4.11. The summed E-state index contributed by atoms with van der Waals surface area (Å²) < 4.78 is 23.9. The normalized spacial score (nSPS) is 11.5. The number of aliphatic hydroxyl groups is 1. The molecule has 0 amide bonds. The molecule has 0 aliphatic rings. The monoisotopic (exact) mass is 296 g/mol. The Hall–Kier alpha value is -0.600. The average molecular weight is 296 g/mol. The van der Waals surface area contributed by atoms with E-state index in [0.717, 1.165) is 8.58 Å². The van der Waals surface area contributed by atoms with Crippen LogP contribution in [-0.4, -0.2) is 31.3 Å². The van der Waals surface area contributed by atoms with Crippen molar-refractivity contribution < 1.29 is 18.7 Å². The number of aldehydes is 1. The molecule has 5 heteroatoms. The van der Waals surface area contributed by atoms with Gasteiger partial charge in [0.1, 0.15) is 5.83 Å². The molecule has 0 aromatic rings. The zero-order chi connectivity index (χ0) is 15.8. The van der Waals surface area contributed by atoms with Gasteiger partial charge in [-0.1, -0.05) is 27.7 Å². The van der Waals surface area contributed by atoms with Gasteiger partial charge in [-0.25, -0.2) is 8.78 Å². The number of rotatable bonds is 4. The molecule has 2 nitrogen and oxygen atoms in total. The second kappa shape index (κ2) is 17.4. The van der Waals surface area contributed by atoms with Crippen molar-refractivity contribution in [2.75, 3.05) is 19.9 Å². The fourth-order valence-corrected chi connectivity index (χ4v) is 0.772. The number of hydrogen-bond donors (Lipinski definition) is 1. The van der Waals surface area contributed by atoms with Gasteiger partial charge in [-0.2, -0.15) is 0 Å². The van der Waals surface area contributed by atoms with E-state index in [9.17, 15) is 13.6 Å². The lowest BCUT2D eigenvalue weighted by atomic mass is 10.2. The number of carbonyl (C=O) groups excluding carboxylic acids is 1. The number of allylic oxidation sites excluding steroid dienone is 3. The van der Waals surface area contributed by atoms with Crippen molar-refractivity contribution in [2.45, 2.75) is 27.7 Å². The molecule has 19 heavy (non-hydrogen) atoms. The fraction of sp³-hybridized carbons (Fsp3) is 0.643. The minimum atomic E-state index is -0.681. The van der Waals surface area contributed by atoms with Crippen LogP contribution in [0.15, 0.2) is 23.8 Å². The molecule has 0 aliphatic carbocycles. The maximum atomic E-state index is 12.0. The Morgan fingerprint density at radius 1 is 1.11 bits per heavy atom. The molecule has 0 aromatic heterocycles. The molecule has 0 radical (unpaired) electrons. The van der Waals surface area contributed by atoms with E-state index in [4.69, 9.17) is 5.11 Å². The predicted molar refractivity (Wildman–Crippen MR) is 81.4 cm³/mol. The first-order chi connectivity index (χ1) is 8.74. The lowest BCUT2D eigenvalue weighted by Crippen LogP contribution is -1.86. The molecule has 0 aromatic carbocycles. The third-order valence-electron chi connectivity index (χ3n) is 1.27. The van der Waals surface area contributed by atoms with E-state index < -0.39 is 18.3 Å². The highest BCUT2D eigenvalue weighted by atomic mass is 31.1. The molecule has 0 aliphatic heterocycles. The summed E-state index contributed by atoms with van der Waals surface area (Å²) in [7, 11) is 1.08. The third-order valence-corrected chi connectivity index (χ3v) is 1.27. The van der Waals surface area contributed by atoms with Gasteiger partial charge >= 0.3 is 0 Å². The molecular formula is C14H27F2O2P. The minimum Gasteiger partial charge on any atom is -0.389 e. The van der Waals surface area contributed by atoms with E-state index in [2.05, 4.69) is 13.3 Å². The standard InChI is InChI=1S/C6H11FO.C6H9FO.C2H7P/c2*1-5(2)3-6(7)4-8;1-3-2/h3,5,8H,4H2,1-2H3;3-5H,1-2H3;3H,1-2H3/b6-3+;6-3-;. The zero-order valence-electron chi connectivity index (χ0n) is 12.7. The van der Waals surface area contributed by atoms with Gasteiger partial charge in [0, 0.05) is 0 Å². The molecule has 0 bridgehead atoms. The number of carbonyl (C=O) groups is 1. The molecule has 0 spiro atoms. The van der Waals surface area contributed by atoms with Gasteiger partial charge in [0.05, 0.1) is 6.61 Å². The first-order valence-corrected chi connectivity index (χ1v) is 8.13. The van der Waals surface area contributed by atoms with E-state index in [1.807, 2.05) is 27.7 Å². The van der Waals surface area contributed by atoms with Crippen molar-refractivity contribution in [1.82, 2.24) is 0 Å². The molecule has 114 valence electrons. The van der Waals surface area contributed by atoms with Gasteiger partial charge in [-0.05, 0) is 37.3 Å². The van der Waals surface area contributed by atoms with Crippen molar-refractivity contribution in [2.24, 2.45) is 11.8 Å². The van der Waals surface area contributed by atoms with Crippen LogP contribution in [0.25, 0.3) is 0 Å². The Labute approximate surface area is 117 Å². The molecule has 0 heterocycles. The summed E-state index contributed by atoms with van der Waals surface area (Å²) in [5, 5.41) is 8.14. The number of hydrogen-bond acceptors (Lipinski definition) is 2. The summed E-state index contributed by atoms with van der Waals surface area (Å²) in [5.74, 6) is -0.831. The van der Waals surface area contributed by atoms with Crippen LogP contribution < -0.4 is 0 Å². The highest BCUT2D eigenvalue weighted by Gasteiger charge is 1.91. The van der Waals surface area contributed by atoms with Crippen LogP contribution in [0, 0.1) is 11.8 Å². The van der Waals surface area contributed by atoms with Gasteiger partial charge in [0.15, 0.2) is 12.1 Å². The van der Waals surface area contributed by atoms with Crippen LogP contribution in [0.4, 0.5) is 8.78 Å². The maximum absolute atomic E-state index is 12.0. The quantitative estimate of drug-likeness (QED) is 0.481. The van der Waals surface area contributed by atoms with Crippen molar-refractivity contribution in [3.8, 4) is 0 Å². The lowest BCUT2D eigenvalue weighted by Gasteiger charge is -1.93. The van der Waals surface area contributed by atoms with Crippen molar-refractivity contribution in [3.05, 3.63) is 23.8 Å². The highest BCUT2D eigenvalue weighted by Crippen LogP contribution is 2.01. The van der Waals surface area contributed by atoms with Crippen LogP contribution in [0.1, 0.15) is 27.7 Å². The fourth-order valence-electron chi connectivity index (χ4n) is 0.772. The Morgan fingerprint density at radius 3 is 1.58 bits per heavy atom. The Morgan fingerprint density at radius 2 is 1.47 bits per heavy atom. The van der Waals surface area contributed by atoms with E-state index in [-0.39, 0.29) is 18.1 Å². The maximum Gasteiger partial charge on any atom is 0.178 e. The minimum absolute atomic E-state index is 0.111. The first-order valence-electron chi connectivity index (χ1n) is 6.13. The lowest BCUT2D eigenvalue weighted by molar-refractivity contribution is -0.106. The van der Waals surface area contributed by atoms with E-state index >= 15 is 0 Å². The summed E-state index contributed by atoms with van der Waals surface area (Å²) in [6.45, 7) is 11.2. The zero-order valence-corrected chi connectivity index (χ0v) is 13.7. The topological polar surface area (TPSA) is 37.3 Å². The second-order valence-corrected chi connectivity index (χ2v) is 5.43. The Kier molecular flexibility index (Phi) is 21.5. The van der Waals surface area contributed by atoms with Crippen molar-refractivity contribution in [3.63, 3.8) is 0 Å². The largest absolute Gasteiger partial charge is 0.389 e. The van der Waals surface area contributed by atoms with E-state index in [1.54, 1.807) is 0 Å². The van der Waals surface area contributed by atoms with Crippen LogP contribution in [0.3, 0.4) is 0 Å². The van der Waals surface area contributed by atoms with Crippen molar-refractivity contribution >= 4 is 14.9 Å². The molecule has 0 fully saturated rings. The number of aliphatic hydroxyl groups excluding tert-OH is 1. The van der Waals surface area contributed by atoms with Crippen LogP contribution >= 0.6 is 8.58 Å². The van der Waals surface area contributed by atoms with Crippen LogP contribution in [0.2, 0.25) is 0 Å². The summed E-state index contributed by atoms with van der Waals surface area (Å²) >= 11 is 0. The van der Waals surface area contributed by atoms with Gasteiger partial charge in [0.2, 0.25) is 0 Å².